The van der Waals surface area contributed by atoms with Gasteiger partial charge in [-0.05, 0) is 74.2 Å². The molecule has 2 aliphatic rings. The van der Waals surface area contributed by atoms with Gasteiger partial charge in [0.1, 0.15) is 0 Å². The SMILES string of the molecule is Cc1ccc(N2CC(C(=O)N3CCC(NS(=O)(=O)c4ccc(Cl)cc4)CC3)CC2=O)cc1C. The van der Waals surface area contributed by atoms with E-state index in [0.29, 0.717) is 37.5 Å². The van der Waals surface area contributed by atoms with Gasteiger partial charge in [0.2, 0.25) is 21.8 Å². The Balaban J connectivity index is 1.33. The lowest BCUT2D eigenvalue weighted by Crippen LogP contribution is -2.48. The molecule has 0 bridgehead atoms. The van der Waals surface area contributed by atoms with E-state index >= 15 is 0 Å². The summed E-state index contributed by atoms with van der Waals surface area (Å²) in [6.07, 6.45) is 1.26. The monoisotopic (exact) mass is 489 g/mol. The fraction of sp³-hybridized carbons (Fsp3) is 0.417. The van der Waals surface area contributed by atoms with Crippen molar-refractivity contribution in [2.45, 2.75) is 44.0 Å². The van der Waals surface area contributed by atoms with Crippen molar-refractivity contribution in [3.63, 3.8) is 0 Å². The maximum absolute atomic E-state index is 13.1. The Morgan fingerprint density at radius 2 is 1.70 bits per heavy atom. The molecule has 2 aliphatic heterocycles. The molecule has 9 heteroatoms. The van der Waals surface area contributed by atoms with E-state index < -0.39 is 10.0 Å². The molecule has 2 aromatic carbocycles. The highest BCUT2D eigenvalue weighted by atomic mass is 35.5. The Morgan fingerprint density at radius 3 is 2.33 bits per heavy atom. The number of carbonyl (C=O) groups is 2. The van der Waals surface area contributed by atoms with Crippen molar-refractivity contribution in [2.75, 3.05) is 24.5 Å². The molecule has 0 spiro atoms. The molecular weight excluding hydrogens is 462 g/mol. The van der Waals surface area contributed by atoms with Crippen LogP contribution in [0.2, 0.25) is 5.02 Å². The second-order valence-corrected chi connectivity index (χ2v) is 11.0. The number of nitrogens with one attached hydrogen (secondary N) is 1. The van der Waals surface area contributed by atoms with Gasteiger partial charge in [-0.15, -0.1) is 0 Å². The van der Waals surface area contributed by atoms with Crippen LogP contribution in [-0.4, -0.2) is 50.8 Å². The smallest absolute Gasteiger partial charge is 0.240 e. The first kappa shape index (κ1) is 23.7. The highest BCUT2D eigenvalue weighted by Crippen LogP contribution is 2.29. The third-order valence-corrected chi connectivity index (χ3v) is 8.32. The molecule has 0 radical (unpaired) electrons. The van der Waals surface area contributed by atoms with Gasteiger partial charge in [0.25, 0.3) is 0 Å². The molecule has 1 N–H and O–H groups in total. The van der Waals surface area contributed by atoms with Crippen LogP contribution in [0.5, 0.6) is 0 Å². The Hall–Kier alpha value is -2.42. The number of likely N-dealkylation sites (tertiary alicyclic amines) is 1. The molecule has 0 saturated carbocycles. The van der Waals surface area contributed by atoms with E-state index in [1.165, 1.54) is 12.1 Å². The molecule has 2 saturated heterocycles. The Morgan fingerprint density at radius 1 is 1.03 bits per heavy atom. The molecule has 7 nitrogen and oxygen atoms in total. The zero-order chi connectivity index (χ0) is 23.8. The Labute approximate surface area is 199 Å². The topological polar surface area (TPSA) is 86.8 Å². The van der Waals surface area contributed by atoms with Gasteiger partial charge in [0.05, 0.1) is 10.8 Å². The molecule has 0 aromatic heterocycles. The van der Waals surface area contributed by atoms with E-state index in [4.69, 9.17) is 11.6 Å². The van der Waals surface area contributed by atoms with Crippen LogP contribution in [-0.2, 0) is 19.6 Å². The number of amides is 2. The number of halogens is 1. The molecule has 2 amide bonds. The van der Waals surface area contributed by atoms with Crippen molar-refractivity contribution in [1.82, 2.24) is 9.62 Å². The van der Waals surface area contributed by atoms with Gasteiger partial charge in [-0.25, -0.2) is 13.1 Å². The van der Waals surface area contributed by atoms with Crippen LogP contribution in [0.1, 0.15) is 30.4 Å². The van der Waals surface area contributed by atoms with Crippen LogP contribution in [0, 0.1) is 19.8 Å². The zero-order valence-corrected chi connectivity index (χ0v) is 20.3. The largest absolute Gasteiger partial charge is 0.342 e. The van der Waals surface area contributed by atoms with E-state index in [1.807, 2.05) is 32.0 Å². The molecule has 0 aliphatic carbocycles. The number of nitrogens with zero attached hydrogens (tertiary/aromatic N) is 2. The van der Waals surface area contributed by atoms with Gasteiger partial charge in [-0.3, -0.25) is 9.59 Å². The van der Waals surface area contributed by atoms with E-state index in [-0.39, 0.29) is 35.1 Å². The number of rotatable bonds is 5. The number of hydrogen-bond donors (Lipinski definition) is 1. The van der Waals surface area contributed by atoms with Crippen molar-refractivity contribution in [3.8, 4) is 0 Å². The molecule has 4 rings (SSSR count). The summed E-state index contributed by atoms with van der Waals surface area (Å²) in [7, 11) is -3.65. The van der Waals surface area contributed by atoms with E-state index in [0.717, 1.165) is 16.8 Å². The molecule has 176 valence electrons. The Bertz CT molecular complexity index is 1160. The average molecular weight is 490 g/mol. The predicted molar refractivity (Wildman–Crippen MR) is 128 cm³/mol. The van der Waals surface area contributed by atoms with Gasteiger partial charge in [0, 0.05) is 42.8 Å². The maximum Gasteiger partial charge on any atom is 0.240 e. The molecule has 2 fully saturated rings. The molecular formula is C24H28ClN3O4S. The number of aryl methyl sites for hydroxylation is 2. The third kappa shape index (κ3) is 5.23. The summed E-state index contributed by atoms with van der Waals surface area (Å²) in [6.45, 7) is 5.33. The van der Waals surface area contributed by atoms with E-state index in [2.05, 4.69) is 4.72 Å². The number of hydrogen-bond acceptors (Lipinski definition) is 4. The summed E-state index contributed by atoms with van der Waals surface area (Å²) in [5.41, 5.74) is 3.10. The van der Waals surface area contributed by atoms with E-state index in [1.54, 1.807) is 21.9 Å². The summed E-state index contributed by atoms with van der Waals surface area (Å²) in [5.74, 6) is -0.447. The summed E-state index contributed by atoms with van der Waals surface area (Å²) < 4.78 is 28.0. The minimum Gasteiger partial charge on any atom is -0.342 e. The third-order valence-electron chi connectivity index (χ3n) is 6.53. The molecule has 1 unspecified atom stereocenters. The van der Waals surface area contributed by atoms with Gasteiger partial charge in [-0.2, -0.15) is 0 Å². The summed E-state index contributed by atoms with van der Waals surface area (Å²) in [4.78, 5) is 29.3. The predicted octanol–water partition coefficient (Wildman–Crippen LogP) is 3.28. The van der Waals surface area contributed by atoms with Crippen LogP contribution in [0.3, 0.4) is 0 Å². The highest BCUT2D eigenvalue weighted by Gasteiger charge is 2.38. The minimum absolute atomic E-state index is 0.0336. The standard InChI is InChI=1S/C24H28ClN3O4S/c1-16-3-6-21(13-17(16)2)28-15-18(14-23(28)29)24(30)27-11-9-20(10-12-27)26-33(31,32)22-7-4-19(25)5-8-22/h3-8,13,18,20,26H,9-12,14-15H2,1-2H3. The van der Waals surface area contributed by atoms with Gasteiger partial charge >= 0.3 is 0 Å². The lowest BCUT2D eigenvalue weighted by atomic mass is 10.0. The van der Waals surface area contributed by atoms with E-state index in [9.17, 15) is 18.0 Å². The number of piperidine rings is 1. The van der Waals surface area contributed by atoms with Crippen molar-refractivity contribution < 1.29 is 18.0 Å². The van der Waals surface area contributed by atoms with Gasteiger partial charge < -0.3 is 9.80 Å². The molecule has 33 heavy (non-hydrogen) atoms. The van der Waals surface area contributed by atoms with Crippen LogP contribution in [0.15, 0.2) is 47.4 Å². The lowest BCUT2D eigenvalue weighted by Gasteiger charge is -2.33. The lowest BCUT2D eigenvalue weighted by molar-refractivity contribution is -0.136. The molecule has 2 heterocycles. The zero-order valence-electron chi connectivity index (χ0n) is 18.8. The maximum atomic E-state index is 13.1. The summed E-state index contributed by atoms with van der Waals surface area (Å²) in [5, 5.41) is 0.474. The first-order chi connectivity index (χ1) is 15.6. The fourth-order valence-electron chi connectivity index (χ4n) is 4.39. The number of anilines is 1. The van der Waals surface area contributed by atoms with Crippen LogP contribution in [0.25, 0.3) is 0 Å². The first-order valence-corrected chi connectivity index (χ1v) is 12.9. The number of sulfonamides is 1. The van der Waals surface area contributed by atoms with Crippen LogP contribution >= 0.6 is 11.6 Å². The summed E-state index contributed by atoms with van der Waals surface area (Å²) in [6, 6.07) is 11.7. The van der Waals surface area contributed by atoms with Crippen molar-refractivity contribution in [2.24, 2.45) is 5.92 Å². The van der Waals surface area contributed by atoms with Crippen LogP contribution < -0.4 is 9.62 Å². The second-order valence-electron chi connectivity index (χ2n) is 8.85. The fourth-order valence-corrected chi connectivity index (χ4v) is 5.82. The number of benzene rings is 2. The van der Waals surface area contributed by atoms with Crippen molar-refractivity contribution in [3.05, 3.63) is 58.6 Å². The van der Waals surface area contributed by atoms with Crippen LogP contribution in [0.4, 0.5) is 5.69 Å². The normalized spacial score (nSPS) is 19.8. The highest BCUT2D eigenvalue weighted by molar-refractivity contribution is 7.89. The average Bonchev–Trinajstić information content (AvgIpc) is 3.17. The quantitative estimate of drug-likeness (QED) is 0.698. The van der Waals surface area contributed by atoms with Gasteiger partial charge in [-0.1, -0.05) is 17.7 Å². The summed E-state index contributed by atoms with van der Waals surface area (Å²) >= 11 is 5.84. The van der Waals surface area contributed by atoms with Gasteiger partial charge in [0.15, 0.2) is 0 Å². The van der Waals surface area contributed by atoms with Crippen molar-refractivity contribution in [1.29, 1.82) is 0 Å². The molecule has 1 atom stereocenters. The first-order valence-electron chi connectivity index (χ1n) is 11.1. The minimum atomic E-state index is -3.65. The second kappa shape index (κ2) is 9.44. The molecule has 2 aromatic rings. The van der Waals surface area contributed by atoms with Crippen molar-refractivity contribution >= 4 is 39.1 Å². The number of carbonyl (C=O) groups excluding carboxylic acids is 2. The Kier molecular flexibility index (Phi) is 6.79.